The first-order chi connectivity index (χ1) is 28.8. The third kappa shape index (κ3) is 9.60. The summed E-state index contributed by atoms with van der Waals surface area (Å²) in [6.07, 6.45) is 4.70. The zero-order valence-corrected chi connectivity index (χ0v) is 35.9. The van der Waals surface area contributed by atoms with Crippen molar-refractivity contribution in [3.63, 3.8) is 0 Å². The molecule has 2 unspecified atom stereocenters. The number of nitrogens with one attached hydrogen (secondary N) is 2. The number of fused-ring (bicyclic) bond motifs is 5. The Balaban J connectivity index is 1.01. The average Bonchev–Trinajstić information content (AvgIpc) is 3.73. The molecular formula is C42H53FN6O9S2. The number of anilines is 1. The number of cyclic esters (lactones) is 1. The summed E-state index contributed by atoms with van der Waals surface area (Å²) in [7, 11) is 2.95. The Labute approximate surface area is 355 Å². The van der Waals surface area contributed by atoms with Gasteiger partial charge in [-0.3, -0.25) is 24.1 Å². The zero-order chi connectivity index (χ0) is 43.1. The Morgan fingerprint density at radius 2 is 1.87 bits per heavy atom. The second-order valence-electron chi connectivity index (χ2n) is 15.6. The van der Waals surface area contributed by atoms with Crippen LogP contribution < -0.4 is 21.9 Å². The van der Waals surface area contributed by atoms with Crippen LogP contribution in [0, 0.1) is 17.7 Å². The highest BCUT2D eigenvalue weighted by Gasteiger charge is 2.46. The number of alkyl carbamates (subject to hydrolysis) is 1. The van der Waals surface area contributed by atoms with Crippen LogP contribution in [0.25, 0.3) is 22.3 Å². The van der Waals surface area contributed by atoms with Crippen LogP contribution in [0.1, 0.15) is 101 Å². The number of benzene rings is 1. The average molecular weight is 869 g/mol. The van der Waals surface area contributed by atoms with Crippen LogP contribution in [0.4, 0.5) is 14.9 Å². The number of pyridine rings is 2. The van der Waals surface area contributed by atoms with Gasteiger partial charge in [-0.2, -0.15) is 0 Å². The molecule has 0 spiro atoms. The number of halogens is 1. The lowest BCUT2D eigenvalue weighted by atomic mass is 9.83. The van der Waals surface area contributed by atoms with Crippen LogP contribution >= 0.6 is 21.6 Å². The first kappa shape index (κ1) is 44.9. The van der Waals surface area contributed by atoms with Crippen molar-refractivity contribution >= 4 is 68.0 Å². The lowest BCUT2D eigenvalue weighted by Crippen LogP contribution is -2.44. The molecular weight excluding hydrogens is 816 g/mol. The summed E-state index contributed by atoms with van der Waals surface area (Å²) in [6.45, 7) is 6.37. The molecule has 0 saturated carbocycles. The Kier molecular flexibility index (Phi) is 14.8. The summed E-state index contributed by atoms with van der Waals surface area (Å²) in [4.78, 5) is 83.2. The molecule has 1 aromatic carbocycles. The number of nitrogens with two attached hydrogens (primary N) is 1. The summed E-state index contributed by atoms with van der Waals surface area (Å²) < 4.78 is 27.0. The molecule has 5 heterocycles. The number of carbonyl (C=O) groups excluding carboxylic acids is 5. The van der Waals surface area contributed by atoms with Gasteiger partial charge in [0.05, 0.1) is 34.7 Å². The van der Waals surface area contributed by atoms with Crippen LogP contribution in [-0.2, 0) is 53.9 Å². The van der Waals surface area contributed by atoms with E-state index in [2.05, 4.69) is 17.6 Å². The van der Waals surface area contributed by atoms with E-state index in [9.17, 15) is 38.3 Å². The van der Waals surface area contributed by atoms with Crippen LogP contribution in [0.5, 0.6) is 0 Å². The quantitative estimate of drug-likeness (QED) is 0.0293. The minimum absolute atomic E-state index is 0.0456. The van der Waals surface area contributed by atoms with Gasteiger partial charge < -0.3 is 35.5 Å². The molecule has 324 valence electrons. The summed E-state index contributed by atoms with van der Waals surface area (Å²) in [5, 5.41) is 17.7. The Hall–Kier alpha value is -4.68. The number of rotatable bonds is 20. The van der Waals surface area contributed by atoms with Crippen molar-refractivity contribution in [3.05, 3.63) is 56.6 Å². The van der Waals surface area contributed by atoms with Crippen LogP contribution in [0.3, 0.4) is 0 Å². The van der Waals surface area contributed by atoms with Gasteiger partial charge in [-0.05, 0) is 36.5 Å². The van der Waals surface area contributed by atoms with E-state index in [1.807, 2.05) is 13.8 Å². The lowest BCUT2D eigenvalue weighted by Gasteiger charge is -2.32. The fraction of sp³-hybridized carbons (Fsp3) is 0.548. The number of carbonyl (C=O) groups is 5. The largest absolute Gasteiger partial charge is 0.458 e. The lowest BCUT2D eigenvalue weighted by molar-refractivity contribution is -0.173. The number of hydrogen-bond acceptors (Lipinski definition) is 13. The number of aliphatic hydroxyl groups is 1. The van der Waals surface area contributed by atoms with Crippen molar-refractivity contribution in [3.8, 4) is 11.4 Å². The molecule has 3 atom stereocenters. The second kappa shape index (κ2) is 19.8. The fourth-order valence-electron chi connectivity index (χ4n) is 8.19. The molecule has 3 aliphatic heterocycles. The van der Waals surface area contributed by atoms with Gasteiger partial charge in [0.2, 0.25) is 17.7 Å². The SMILES string of the molecule is CCCCCC[C@@]1(O)C(=O)OCc2c1cc1n(c2=O)Cc2c-1nc1cc(F)c(N)cc1c2CNC(=O)OCCSSCCNC(=O)CCN1C(=O)CC(C(C)CCC)C1=O. The molecule has 3 aliphatic rings. The molecule has 0 aliphatic carbocycles. The number of nitrogens with zero attached hydrogens (tertiary/aromatic N) is 3. The Bertz CT molecular complexity index is 2220. The maximum absolute atomic E-state index is 14.8. The fourth-order valence-corrected chi connectivity index (χ4v) is 9.92. The highest BCUT2D eigenvalue weighted by molar-refractivity contribution is 8.76. The normalized spacial score (nSPS) is 18.6. The zero-order valence-electron chi connectivity index (χ0n) is 34.2. The van der Waals surface area contributed by atoms with Gasteiger partial charge in [0, 0.05) is 72.5 Å². The molecule has 3 aromatic rings. The predicted molar refractivity (Wildman–Crippen MR) is 227 cm³/mol. The maximum atomic E-state index is 14.8. The third-order valence-electron chi connectivity index (χ3n) is 11.5. The first-order valence-electron chi connectivity index (χ1n) is 20.6. The van der Waals surface area contributed by atoms with Crippen molar-refractivity contribution in [2.45, 2.75) is 104 Å². The number of aromatic nitrogens is 2. The number of unbranched alkanes of at least 4 members (excludes halogenated alkanes) is 3. The number of nitrogen functional groups attached to an aromatic ring is 1. The maximum Gasteiger partial charge on any atom is 0.407 e. The van der Waals surface area contributed by atoms with Crippen LogP contribution in [0.2, 0.25) is 0 Å². The van der Waals surface area contributed by atoms with Crippen molar-refractivity contribution < 1.29 is 42.9 Å². The van der Waals surface area contributed by atoms with E-state index >= 15 is 0 Å². The summed E-state index contributed by atoms with van der Waals surface area (Å²) in [5.41, 5.74) is 5.87. The molecule has 1 saturated heterocycles. The smallest absolute Gasteiger partial charge is 0.407 e. The van der Waals surface area contributed by atoms with E-state index < -0.39 is 29.0 Å². The molecule has 18 heteroatoms. The van der Waals surface area contributed by atoms with Crippen molar-refractivity contribution in [2.24, 2.45) is 11.8 Å². The molecule has 0 bridgehead atoms. The van der Waals surface area contributed by atoms with Crippen molar-refractivity contribution in [2.75, 3.05) is 36.9 Å². The van der Waals surface area contributed by atoms with E-state index in [1.54, 1.807) is 6.07 Å². The predicted octanol–water partition coefficient (Wildman–Crippen LogP) is 5.29. The van der Waals surface area contributed by atoms with E-state index in [0.29, 0.717) is 52.4 Å². The molecule has 60 heavy (non-hydrogen) atoms. The third-order valence-corrected chi connectivity index (χ3v) is 13.8. The van der Waals surface area contributed by atoms with E-state index in [1.165, 1.54) is 43.2 Å². The first-order valence-corrected chi connectivity index (χ1v) is 23.1. The molecule has 5 N–H and O–H groups in total. The number of hydrogen-bond donors (Lipinski definition) is 4. The molecule has 15 nitrogen and oxygen atoms in total. The van der Waals surface area contributed by atoms with Gasteiger partial charge in [-0.25, -0.2) is 19.0 Å². The number of amides is 4. The van der Waals surface area contributed by atoms with Gasteiger partial charge in [-0.15, -0.1) is 0 Å². The molecule has 6 rings (SSSR count). The summed E-state index contributed by atoms with van der Waals surface area (Å²) >= 11 is 0. The minimum Gasteiger partial charge on any atom is -0.458 e. The van der Waals surface area contributed by atoms with E-state index in [4.69, 9.17) is 20.2 Å². The second-order valence-corrected chi connectivity index (χ2v) is 18.3. The standard InChI is InChI=1S/C42H53FN6O9S2/c1-4-6-7-8-11-42(56)30-19-34-37-28(22-49(34)39(53)29(30)23-58-40(42)54)27(26-17-32(44)31(43)20-33(26)47-37)21-46-41(55)57-14-16-60-59-15-12-45-35(50)10-13-48-36(51)18-25(38(48)52)24(3)9-5-2/h17,19-20,24-25,56H,4-16,18,21-23,44H2,1-3H3,(H,45,50)(H,46,55)/t24?,25?,42-/m0/s1. The van der Waals surface area contributed by atoms with Crippen LogP contribution in [0.15, 0.2) is 23.0 Å². The van der Waals surface area contributed by atoms with Crippen molar-refractivity contribution in [1.29, 1.82) is 0 Å². The monoisotopic (exact) mass is 868 g/mol. The molecule has 0 radical (unpaired) electrons. The molecule has 4 amide bonds. The molecule has 1 fully saturated rings. The highest BCUT2D eigenvalue weighted by atomic mass is 33.1. The van der Waals surface area contributed by atoms with Gasteiger partial charge in [0.25, 0.3) is 5.56 Å². The number of ether oxygens (including phenoxy) is 2. The van der Waals surface area contributed by atoms with Gasteiger partial charge in [0.15, 0.2) is 5.60 Å². The number of likely N-dealkylation sites (tertiary alicyclic amines) is 1. The van der Waals surface area contributed by atoms with Gasteiger partial charge in [-0.1, -0.05) is 74.5 Å². The van der Waals surface area contributed by atoms with Gasteiger partial charge >= 0.3 is 12.1 Å². The summed E-state index contributed by atoms with van der Waals surface area (Å²) in [5.74, 6) is -1.27. The minimum atomic E-state index is -2.01. The van der Waals surface area contributed by atoms with E-state index in [-0.39, 0.29) is 104 Å². The summed E-state index contributed by atoms with van der Waals surface area (Å²) in [6, 6.07) is 4.24. The molecule has 2 aromatic heterocycles. The Morgan fingerprint density at radius 3 is 2.63 bits per heavy atom. The number of imide groups is 1. The van der Waals surface area contributed by atoms with Crippen molar-refractivity contribution in [1.82, 2.24) is 25.1 Å². The number of esters is 1. The van der Waals surface area contributed by atoms with E-state index in [0.717, 1.165) is 32.1 Å². The van der Waals surface area contributed by atoms with Crippen LogP contribution in [-0.4, -0.2) is 80.5 Å². The van der Waals surface area contributed by atoms with Gasteiger partial charge in [0.1, 0.15) is 19.0 Å². The Morgan fingerprint density at radius 1 is 1.08 bits per heavy atom. The topological polar surface area (TPSA) is 212 Å². The highest BCUT2D eigenvalue weighted by Crippen LogP contribution is 2.41.